The van der Waals surface area contributed by atoms with Crippen molar-refractivity contribution >= 4 is 27.0 Å². The van der Waals surface area contributed by atoms with Crippen molar-refractivity contribution in [1.82, 2.24) is 4.98 Å². The van der Waals surface area contributed by atoms with E-state index in [4.69, 9.17) is 9.05 Å². The van der Waals surface area contributed by atoms with Crippen molar-refractivity contribution in [3.05, 3.63) is 24.5 Å². The number of rotatable bonds is 8. The molecule has 1 aromatic rings. The second-order valence-electron chi connectivity index (χ2n) is 3.59. The van der Waals surface area contributed by atoms with Crippen LogP contribution in [-0.2, 0) is 18.2 Å². The van der Waals surface area contributed by atoms with Crippen LogP contribution in [0.1, 0.15) is 13.8 Å². The number of hydrogen-bond donors (Lipinski definition) is 2. The van der Waals surface area contributed by atoms with Crippen LogP contribution in [0.15, 0.2) is 29.4 Å². The Labute approximate surface area is 121 Å². The predicted octanol–water partition coefficient (Wildman–Crippen LogP) is 2.90. The summed E-state index contributed by atoms with van der Waals surface area (Å²) in [5, 5.41) is 0. The lowest BCUT2D eigenvalue weighted by Gasteiger charge is -2.25. The molecule has 2 N–H and O–H groups in total. The Morgan fingerprint density at radius 1 is 1.15 bits per heavy atom. The molecule has 0 saturated carbocycles. The van der Waals surface area contributed by atoms with Gasteiger partial charge in [-0.15, -0.1) is 0 Å². The van der Waals surface area contributed by atoms with Gasteiger partial charge in [0.05, 0.1) is 13.2 Å². The highest BCUT2D eigenvalue weighted by molar-refractivity contribution is 8.12. The molecule has 2 unspecified atom stereocenters. The maximum Gasteiger partial charge on any atom is 0.353 e. The zero-order chi connectivity index (χ0) is 15.2. The van der Waals surface area contributed by atoms with Gasteiger partial charge in [0.15, 0.2) is 0 Å². The summed E-state index contributed by atoms with van der Waals surface area (Å²) in [5.41, 5.74) is 0. The van der Waals surface area contributed by atoms with Crippen molar-refractivity contribution in [2.75, 3.05) is 13.2 Å². The second-order valence-corrected chi connectivity index (χ2v) is 9.68. The lowest BCUT2D eigenvalue weighted by atomic mass is 10.5. The van der Waals surface area contributed by atoms with Gasteiger partial charge in [-0.25, -0.2) is 0 Å². The summed E-state index contributed by atoms with van der Waals surface area (Å²) in [6, 6.07) is 3.13. The summed E-state index contributed by atoms with van der Waals surface area (Å²) < 4.78 is 32.2. The number of aromatic nitrogens is 1. The molecule has 0 aromatic carbocycles. The topological polar surface area (TPSA) is 106 Å². The summed E-state index contributed by atoms with van der Waals surface area (Å²) in [6.45, 7) is 2.96. The quantitative estimate of drug-likeness (QED) is 0.549. The van der Waals surface area contributed by atoms with Crippen LogP contribution < -0.4 is 0 Å². The van der Waals surface area contributed by atoms with Crippen LogP contribution in [0, 0.1) is 0 Å². The fraction of sp³-hybridized carbons (Fsp3) is 0.500. The molecule has 0 spiro atoms. The fourth-order valence-corrected chi connectivity index (χ4v) is 6.91. The van der Waals surface area contributed by atoms with Crippen molar-refractivity contribution in [2.24, 2.45) is 0 Å². The monoisotopic (exact) mass is 341 g/mol. The minimum Gasteiger partial charge on any atom is -0.323 e. The lowest BCUT2D eigenvalue weighted by Crippen LogP contribution is -2.10. The van der Waals surface area contributed by atoms with Crippen LogP contribution in [0.2, 0.25) is 0 Å². The van der Waals surface area contributed by atoms with Crippen LogP contribution in [-0.4, -0.2) is 32.7 Å². The van der Waals surface area contributed by atoms with Gasteiger partial charge >= 0.3 is 15.2 Å². The van der Waals surface area contributed by atoms with Gasteiger partial charge in [0.25, 0.3) is 0 Å². The molecular weight excluding hydrogens is 324 g/mol. The minimum atomic E-state index is -4.31. The highest BCUT2D eigenvalue weighted by atomic mass is 32.2. The van der Waals surface area contributed by atoms with Gasteiger partial charge in [-0.3, -0.25) is 14.1 Å². The molecule has 10 heteroatoms. The molecule has 0 bridgehead atoms. The molecule has 0 radical (unpaired) electrons. The molecule has 1 rings (SSSR count). The van der Waals surface area contributed by atoms with E-state index < -0.39 is 19.9 Å². The Balaban J connectivity index is 3.08. The maximum atomic E-state index is 12.1. The molecule has 7 nitrogen and oxygen atoms in total. The van der Waals surface area contributed by atoms with E-state index in [1.54, 1.807) is 12.1 Å². The van der Waals surface area contributed by atoms with Gasteiger partial charge in [-0.1, -0.05) is 11.8 Å². The number of pyridine rings is 1. The Hall–Kier alpha value is -0.200. The Bertz CT molecular complexity index is 488. The van der Waals surface area contributed by atoms with E-state index in [1.165, 1.54) is 26.2 Å². The highest BCUT2D eigenvalue weighted by Gasteiger charge is 2.48. The van der Waals surface area contributed by atoms with Gasteiger partial charge < -0.3 is 18.8 Å². The molecule has 1 aromatic heterocycles. The zero-order valence-corrected chi connectivity index (χ0v) is 13.7. The Kier molecular flexibility index (Phi) is 6.88. The highest BCUT2D eigenvalue weighted by Crippen LogP contribution is 2.70. The molecule has 0 amide bonds. The van der Waals surface area contributed by atoms with Crippen molar-refractivity contribution < 1.29 is 28.0 Å². The number of nitrogens with zero attached hydrogens (tertiary/aromatic N) is 1. The normalized spacial score (nSPS) is 19.0. The van der Waals surface area contributed by atoms with Crippen molar-refractivity contribution in [1.29, 1.82) is 0 Å². The van der Waals surface area contributed by atoms with Crippen LogP contribution in [0.3, 0.4) is 0 Å². The summed E-state index contributed by atoms with van der Waals surface area (Å²) >= 11 is 0.766. The van der Waals surface area contributed by atoms with E-state index in [0.717, 1.165) is 11.8 Å². The Morgan fingerprint density at radius 2 is 1.60 bits per heavy atom. The molecule has 1 heterocycles. The molecule has 20 heavy (non-hydrogen) atoms. The van der Waals surface area contributed by atoms with Gasteiger partial charge in [0, 0.05) is 17.3 Å². The smallest absolute Gasteiger partial charge is 0.323 e. The molecule has 0 saturated heterocycles. The summed E-state index contributed by atoms with van der Waals surface area (Å²) in [7, 11) is -8.63. The van der Waals surface area contributed by atoms with E-state index in [-0.39, 0.29) is 13.2 Å². The van der Waals surface area contributed by atoms with Crippen LogP contribution in [0.25, 0.3) is 0 Å². The summed E-state index contributed by atoms with van der Waals surface area (Å²) in [5.74, 6) is 0. The van der Waals surface area contributed by atoms with Crippen LogP contribution in [0.5, 0.6) is 0 Å². The van der Waals surface area contributed by atoms with Crippen molar-refractivity contribution in [2.45, 2.75) is 23.5 Å². The van der Waals surface area contributed by atoms with E-state index in [9.17, 15) is 18.9 Å². The molecule has 114 valence electrons. The SMILES string of the molecule is CCOP(=O)(O)C(Sc1ccncc1)P(=O)(O)OCC. The van der Waals surface area contributed by atoms with Crippen molar-refractivity contribution in [3.8, 4) is 0 Å². The maximum absolute atomic E-state index is 12.1. The molecular formula is C10H17NO6P2S. The largest absolute Gasteiger partial charge is 0.353 e. The molecule has 0 aliphatic rings. The first kappa shape index (κ1) is 17.9. The first-order chi connectivity index (χ1) is 9.33. The predicted molar refractivity (Wildman–Crippen MR) is 76.8 cm³/mol. The molecule has 0 aliphatic carbocycles. The zero-order valence-electron chi connectivity index (χ0n) is 11.1. The van der Waals surface area contributed by atoms with Gasteiger partial charge in [0.2, 0.25) is 4.73 Å². The van der Waals surface area contributed by atoms with Gasteiger partial charge in [0.1, 0.15) is 0 Å². The van der Waals surface area contributed by atoms with Crippen molar-refractivity contribution in [3.63, 3.8) is 0 Å². The third kappa shape index (κ3) is 4.97. The van der Waals surface area contributed by atoms with E-state index in [1.807, 2.05) is 0 Å². The van der Waals surface area contributed by atoms with E-state index in [2.05, 4.69) is 4.98 Å². The Morgan fingerprint density at radius 3 is 2.00 bits per heavy atom. The first-order valence-electron chi connectivity index (χ1n) is 5.84. The van der Waals surface area contributed by atoms with Gasteiger partial charge in [-0.2, -0.15) is 0 Å². The summed E-state index contributed by atoms with van der Waals surface area (Å²) in [4.78, 5) is 24.1. The number of thioether (sulfide) groups is 1. The standard InChI is InChI=1S/C10H17NO6P2S/c1-3-16-18(12,13)10(19(14,15)17-4-2)20-9-5-7-11-8-6-9/h5-8,10H,3-4H2,1-2H3,(H,12,13)(H,14,15). The fourth-order valence-electron chi connectivity index (χ4n) is 1.35. The summed E-state index contributed by atoms with van der Waals surface area (Å²) in [6.07, 6.45) is 2.96. The van der Waals surface area contributed by atoms with Crippen LogP contribution >= 0.6 is 27.0 Å². The molecule has 0 fully saturated rings. The van der Waals surface area contributed by atoms with Gasteiger partial charge in [-0.05, 0) is 26.0 Å². The van der Waals surface area contributed by atoms with Crippen LogP contribution in [0.4, 0.5) is 0 Å². The van der Waals surface area contributed by atoms with E-state index >= 15 is 0 Å². The molecule has 2 atom stereocenters. The lowest BCUT2D eigenvalue weighted by molar-refractivity contribution is 0.257. The third-order valence-corrected chi connectivity index (χ3v) is 9.19. The molecule has 0 aliphatic heterocycles. The average Bonchev–Trinajstić information content (AvgIpc) is 2.36. The number of hydrogen-bond acceptors (Lipinski definition) is 6. The minimum absolute atomic E-state index is 0.0483. The second kappa shape index (κ2) is 7.71. The first-order valence-corrected chi connectivity index (χ1v) is 10.0. The van der Waals surface area contributed by atoms with E-state index in [0.29, 0.717) is 4.90 Å². The average molecular weight is 341 g/mol. The third-order valence-electron chi connectivity index (χ3n) is 2.08.